The van der Waals surface area contributed by atoms with Gasteiger partial charge in [0.05, 0.1) is 16.9 Å². The number of hydrogen-bond acceptors (Lipinski definition) is 1. The molecule has 0 atom stereocenters. The number of carbonyl (C=O) groups excluding carboxylic acids is 1. The summed E-state index contributed by atoms with van der Waals surface area (Å²) in [6.07, 6.45) is 1.51. The largest absolute Gasteiger partial charge is 0.994 e. The Balaban J connectivity index is 2.13. The Morgan fingerprint density at radius 2 is 2.00 bits per heavy atom. The zero-order valence-electron chi connectivity index (χ0n) is 11.9. The summed E-state index contributed by atoms with van der Waals surface area (Å²) < 4.78 is 36.4. The predicted molar refractivity (Wildman–Crippen MR) is 74.9 cm³/mol. The van der Waals surface area contributed by atoms with Crippen molar-refractivity contribution in [3.05, 3.63) is 46.2 Å². The molecular weight excluding hydrogens is 261 g/mol. The number of ketones is 1. The second-order valence-corrected chi connectivity index (χ2v) is 5.71. The van der Waals surface area contributed by atoms with E-state index in [2.05, 4.69) is 24.6 Å². The van der Waals surface area contributed by atoms with Gasteiger partial charge in [0.1, 0.15) is 0 Å². The zero-order valence-corrected chi connectivity index (χ0v) is 11.9. The molecule has 2 aliphatic rings. The Morgan fingerprint density at radius 3 is 2.70 bits per heavy atom. The minimum Gasteiger partial charge on any atom is -0.572 e. The maximum absolute atomic E-state index is 13.5. The SMILES string of the molecule is CC1=C2CCc3cc(C(C)C)ccc3C2=[O+][B-](F)(F)O1. The third-order valence-electron chi connectivity index (χ3n) is 3.95. The van der Waals surface area contributed by atoms with Crippen LogP contribution in [0.25, 0.3) is 0 Å². The smallest absolute Gasteiger partial charge is 0.572 e. The van der Waals surface area contributed by atoms with Crippen molar-refractivity contribution in [1.82, 2.24) is 0 Å². The summed E-state index contributed by atoms with van der Waals surface area (Å²) in [5.74, 6) is 1.01. The second-order valence-electron chi connectivity index (χ2n) is 5.71. The molecule has 0 saturated carbocycles. The molecule has 0 saturated heterocycles. The van der Waals surface area contributed by atoms with E-state index in [9.17, 15) is 8.63 Å². The van der Waals surface area contributed by atoms with Crippen LogP contribution in [0.4, 0.5) is 8.63 Å². The molecule has 106 valence electrons. The van der Waals surface area contributed by atoms with Gasteiger partial charge in [-0.05, 0) is 42.9 Å². The van der Waals surface area contributed by atoms with Crippen molar-refractivity contribution >= 4 is 12.9 Å². The van der Waals surface area contributed by atoms with Gasteiger partial charge in [0, 0.05) is 0 Å². The molecule has 0 amide bonds. The molecule has 5 heteroatoms. The van der Waals surface area contributed by atoms with E-state index in [0.29, 0.717) is 18.1 Å². The predicted octanol–water partition coefficient (Wildman–Crippen LogP) is 4.15. The number of allylic oxidation sites excluding steroid dienone is 2. The molecule has 0 spiro atoms. The molecule has 1 aromatic carbocycles. The molecule has 2 nitrogen and oxygen atoms in total. The van der Waals surface area contributed by atoms with Crippen molar-refractivity contribution in [2.24, 2.45) is 0 Å². The lowest BCUT2D eigenvalue weighted by atomic mass is 9.83. The van der Waals surface area contributed by atoms with Crippen LogP contribution in [-0.4, -0.2) is 12.9 Å². The highest BCUT2D eigenvalue weighted by Gasteiger charge is 2.54. The molecule has 0 fully saturated rings. The first kappa shape index (κ1) is 13.3. The molecule has 0 N–H and O–H groups in total. The molecule has 1 aliphatic heterocycles. The van der Waals surface area contributed by atoms with Gasteiger partial charge in [-0.2, -0.15) is 0 Å². The molecule has 0 radical (unpaired) electrons. The highest BCUT2D eigenvalue weighted by atomic mass is 19.3. The Morgan fingerprint density at radius 1 is 1.25 bits per heavy atom. The van der Waals surface area contributed by atoms with E-state index in [4.69, 9.17) is 4.34 Å². The minimum atomic E-state index is -4.24. The van der Waals surface area contributed by atoms with Crippen LogP contribution >= 0.6 is 0 Å². The first-order valence-electron chi connectivity index (χ1n) is 6.95. The van der Waals surface area contributed by atoms with Crippen molar-refractivity contribution in [2.45, 2.75) is 39.5 Å². The molecule has 0 aromatic heterocycles. The Hall–Kier alpha value is -1.65. The van der Waals surface area contributed by atoms with Crippen molar-refractivity contribution in [3.63, 3.8) is 0 Å². The van der Waals surface area contributed by atoms with E-state index in [1.165, 1.54) is 5.56 Å². The first-order valence-corrected chi connectivity index (χ1v) is 6.95. The van der Waals surface area contributed by atoms with Gasteiger partial charge in [0.25, 0.3) is 5.78 Å². The van der Waals surface area contributed by atoms with E-state index < -0.39 is 7.11 Å². The van der Waals surface area contributed by atoms with Crippen LogP contribution in [0.15, 0.2) is 29.5 Å². The number of hydrogen-bond donors (Lipinski definition) is 0. The number of fused-ring (bicyclic) bond motifs is 3. The fraction of sp³-hybridized carbons (Fsp3) is 0.400. The molecule has 0 unspecified atom stereocenters. The van der Waals surface area contributed by atoms with Crippen LogP contribution in [0.5, 0.6) is 0 Å². The second kappa shape index (κ2) is 4.43. The number of aryl methyl sites for hydroxylation is 1. The molecular formula is C15H17BF2O2. The van der Waals surface area contributed by atoms with Gasteiger partial charge in [-0.3, -0.25) is 0 Å². The van der Waals surface area contributed by atoms with Gasteiger partial charge in [0.15, 0.2) is 0 Å². The quantitative estimate of drug-likeness (QED) is 0.558. The zero-order chi connectivity index (χ0) is 14.5. The van der Waals surface area contributed by atoms with Gasteiger partial charge in [-0.15, -0.1) is 0 Å². The first-order chi connectivity index (χ1) is 9.37. The lowest BCUT2D eigenvalue weighted by Gasteiger charge is -2.26. The van der Waals surface area contributed by atoms with Gasteiger partial charge in [-0.1, -0.05) is 26.0 Å². The minimum absolute atomic E-state index is 0.287. The van der Waals surface area contributed by atoms with E-state index >= 15 is 0 Å². The molecule has 3 rings (SSSR count). The maximum atomic E-state index is 13.5. The number of rotatable bonds is 1. The molecule has 1 aromatic rings. The third kappa shape index (κ3) is 2.15. The van der Waals surface area contributed by atoms with Crippen molar-refractivity contribution in [3.8, 4) is 0 Å². The normalized spacial score (nSPS) is 20.2. The highest BCUT2D eigenvalue weighted by Crippen LogP contribution is 2.35. The van der Waals surface area contributed by atoms with Crippen molar-refractivity contribution in [1.29, 1.82) is 0 Å². The van der Waals surface area contributed by atoms with E-state index in [-0.39, 0.29) is 5.76 Å². The van der Waals surface area contributed by atoms with Gasteiger partial charge < -0.3 is 17.6 Å². The lowest BCUT2D eigenvalue weighted by Crippen LogP contribution is -2.35. The van der Waals surface area contributed by atoms with Crippen molar-refractivity contribution < 1.29 is 17.6 Å². The number of halogens is 2. The topological polar surface area (TPSA) is 20.5 Å². The fourth-order valence-corrected chi connectivity index (χ4v) is 2.85. The third-order valence-corrected chi connectivity index (χ3v) is 3.95. The summed E-state index contributed by atoms with van der Waals surface area (Å²) in [5, 5.41) is 0. The Kier molecular flexibility index (Phi) is 2.96. The molecule has 0 bridgehead atoms. The van der Waals surface area contributed by atoms with Gasteiger partial charge in [0.2, 0.25) is 0 Å². The lowest BCUT2D eigenvalue weighted by molar-refractivity contribution is -0.190. The molecule has 20 heavy (non-hydrogen) atoms. The van der Waals surface area contributed by atoms with E-state index in [1.807, 2.05) is 12.1 Å². The standard InChI is InChI=1S/C15H17BF2O2/c1-9(2)11-4-7-14-12(8-11)5-6-13-10(3)19-16(17,18)20-15(13)14/h4,7-9H,5-6H2,1-3H3. The summed E-state index contributed by atoms with van der Waals surface area (Å²) >= 11 is 0. The Labute approximate surface area is 117 Å². The molecule has 1 aliphatic carbocycles. The monoisotopic (exact) mass is 278 g/mol. The van der Waals surface area contributed by atoms with Crippen LogP contribution in [0.1, 0.15) is 54.1 Å². The summed E-state index contributed by atoms with van der Waals surface area (Å²) in [6, 6.07) is 5.98. The average molecular weight is 278 g/mol. The molecule has 1 heterocycles. The van der Waals surface area contributed by atoms with E-state index in [1.54, 1.807) is 6.92 Å². The average Bonchev–Trinajstić information content (AvgIpc) is 2.36. The summed E-state index contributed by atoms with van der Waals surface area (Å²) in [4.78, 5) is 0. The summed E-state index contributed by atoms with van der Waals surface area (Å²) in [5.41, 5.74) is 3.84. The number of benzene rings is 1. The fourth-order valence-electron chi connectivity index (χ4n) is 2.85. The van der Waals surface area contributed by atoms with Gasteiger partial charge in [-0.25, -0.2) is 0 Å². The highest BCUT2D eigenvalue weighted by molar-refractivity contribution is 6.51. The van der Waals surface area contributed by atoms with Crippen LogP contribution in [0, 0.1) is 0 Å². The summed E-state index contributed by atoms with van der Waals surface area (Å²) in [7, 11) is -4.24. The van der Waals surface area contributed by atoms with Crippen LogP contribution in [-0.2, 0) is 11.1 Å². The van der Waals surface area contributed by atoms with Crippen LogP contribution in [0.3, 0.4) is 0 Å². The van der Waals surface area contributed by atoms with Crippen LogP contribution < -0.4 is 0 Å². The maximum Gasteiger partial charge on any atom is 0.994 e. The Bertz CT molecular complexity index is 633. The van der Waals surface area contributed by atoms with E-state index in [0.717, 1.165) is 23.1 Å². The van der Waals surface area contributed by atoms with Crippen molar-refractivity contribution in [2.75, 3.05) is 0 Å². The summed E-state index contributed by atoms with van der Waals surface area (Å²) in [6.45, 7) is 5.83. The van der Waals surface area contributed by atoms with Gasteiger partial charge >= 0.3 is 7.11 Å². The van der Waals surface area contributed by atoms with Crippen LogP contribution in [0.2, 0.25) is 0 Å².